The second kappa shape index (κ2) is 15.0. The Kier molecular flexibility index (Phi) is 12.1. The van der Waals surface area contributed by atoms with Crippen molar-refractivity contribution < 1.29 is 19.7 Å². The van der Waals surface area contributed by atoms with E-state index in [0.717, 1.165) is 36.8 Å². The number of aromatic hydroxyl groups is 1. The molecule has 1 atom stereocenters. The Hall–Kier alpha value is -2.83. The highest BCUT2D eigenvalue weighted by atomic mass is 79.9. The van der Waals surface area contributed by atoms with Crippen molar-refractivity contribution in [1.29, 1.82) is 0 Å². The predicted molar refractivity (Wildman–Crippen MR) is 187 cm³/mol. The van der Waals surface area contributed by atoms with Crippen molar-refractivity contribution >= 4 is 22.1 Å². The first-order chi connectivity index (χ1) is 20.6. The van der Waals surface area contributed by atoms with Crippen LogP contribution in [0.2, 0.25) is 0 Å². The van der Waals surface area contributed by atoms with Gasteiger partial charge in [0, 0.05) is 22.9 Å². The van der Waals surface area contributed by atoms with Crippen LogP contribution in [0.5, 0.6) is 17.2 Å². The first-order valence-corrected chi connectivity index (χ1v) is 16.7. The van der Waals surface area contributed by atoms with Crippen molar-refractivity contribution in [1.82, 2.24) is 0 Å². The Labute approximate surface area is 273 Å². The normalized spacial score (nSPS) is 13.3. The lowest BCUT2D eigenvalue weighted by Crippen LogP contribution is -2.39. The summed E-state index contributed by atoms with van der Waals surface area (Å²) in [7, 11) is 0. The largest absolute Gasteiger partial charge is 0.506 e. The molecule has 0 unspecified atom stereocenters. The van der Waals surface area contributed by atoms with E-state index in [4.69, 9.17) is 14.5 Å². The Morgan fingerprint density at radius 1 is 0.795 bits per heavy atom. The van der Waals surface area contributed by atoms with E-state index in [9.17, 15) is 10.2 Å². The summed E-state index contributed by atoms with van der Waals surface area (Å²) in [6, 6.07) is 17.0. The summed E-state index contributed by atoms with van der Waals surface area (Å²) in [5.74, 6) is 1.35. The van der Waals surface area contributed by atoms with Crippen LogP contribution in [-0.2, 0) is 16.4 Å². The first kappa shape index (κ1) is 35.6. The van der Waals surface area contributed by atoms with Gasteiger partial charge in [-0.2, -0.15) is 0 Å². The molecule has 0 heterocycles. The maximum Gasteiger partial charge on any atom is 0.144 e. The van der Waals surface area contributed by atoms with Crippen LogP contribution in [-0.4, -0.2) is 35.7 Å². The van der Waals surface area contributed by atoms with Crippen LogP contribution < -0.4 is 9.47 Å². The van der Waals surface area contributed by atoms with Crippen molar-refractivity contribution in [3.05, 3.63) is 86.9 Å². The predicted octanol–water partition coefficient (Wildman–Crippen LogP) is 9.85. The minimum atomic E-state index is -1.64. The van der Waals surface area contributed by atoms with Gasteiger partial charge in [-0.15, -0.1) is 0 Å². The summed E-state index contributed by atoms with van der Waals surface area (Å²) < 4.78 is 13.4. The number of benzene rings is 3. The van der Waals surface area contributed by atoms with E-state index >= 15 is 0 Å². The van der Waals surface area contributed by atoms with Gasteiger partial charge in [-0.05, 0) is 94.1 Å². The minimum Gasteiger partial charge on any atom is -0.506 e. The fourth-order valence-corrected chi connectivity index (χ4v) is 5.41. The van der Waals surface area contributed by atoms with Gasteiger partial charge in [-0.25, -0.2) is 0 Å². The van der Waals surface area contributed by atoms with Crippen molar-refractivity contribution in [2.75, 3.05) is 13.2 Å². The van der Waals surface area contributed by atoms with Gasteiger partial charge >= 0.3 is 0 Å². The molecule has 0 radical (unpaired) electrons. The summed E-state index contributed by atoms with van der Waals surface area (Å²) in [6.07, 6.45) is 5.44. The second-order valence-corrected chi connectivity index (χ2v) is 14.6. The van der Waals surface area contributed by atoms with E-state index in [-0.39, 0.29) is 16.6 Å². The number of para-hydroxylation sites is 1. The fraction of sp³-hybridized carbons (Fsp3) is 0.500. The number of phenols is 1. The summed E-state index contributed by atoms with van der Waals surface area (Å²) >= 11 is 3.40. The van der Waals surface area contributed by atoms with E-state index < -0.39 is 11.6 Å². The molecular weight excluding hydrogens is 614 g/mol. The van der Waals surface area contributed by atoms with Crippen molar-refractivity contribution in [3.63, 3.8) is 0 Å². The molecule has 0 amide bonds. The molecule has 0 fully saturated rings. The van der Waals surface area contributed by atoms with Crippen LogP contribution in [0.1, 0.15) is 116 Å². The quantitative estimate of drug-likeness (QED) is 0.141. The summed E-state index contributed by atoms with van der Waals surface area (Å²) in [5, 5.41) is 24.0. The molecule has 3 rings (SSSR count). The molecule has 0 aliphatic carbocycles. The zero-order valence-electron chi connectivity index (χ0n) is 28.1. The van der Waals surface area contributed by atoms with Gasteiger partial charge in [0.1, 0.15) is 22.8 Å². The van der Waals surface area contributed by atoms with Crippen molar-refractivity contribution in [2.24, 2.45) is 4.99 Å². The number of hydrogen-bond donors (Lipinski definition) is 2. The molecule has 0 aliphatic heterocycles. The lowest BCUT2D eigenvalue weighted by Gasteiger charge is -2.37. The standard InChI is InChI=1S/C38H52BrNO4/c1-10-12-21-43-33-19-17-28(36(4,5)6)23-30(33)38(42,26(3)40-25-27-15-14-16-32(39)35(27)41)31-24-29(37(7,8)9)18-20-34(31)44-22-13-11-2/h14-20,23-26,41-42H,10-13,21-22H2,1-9H3/t26-/m1/s1. The maximum atomic E-state index is 13.3. The molecule has 0 saturated carbocycles. The Bertz CT molecular complexity index is 1350. The minimum absolute atomic E-state index is 0.101. The number of phenolic OH excluding ortho intramolecular Hbond substituents is 1. The van der Waals surface area contributed by atoms with Gasteiger partial charge in [0.15, 0.2) is 0 Å². The molecule has 240 valence electrons. The highest BCUT2D eigenvalue weighted by Gasteiger charge is 2.43. The van der Waals surface area contributed by atoms with Crippen LogP contribution >= 0.6 is 15.9 Å². The molecule has 6 heteroatoms. The zero-order chi connectivity index (χ0) is 32.7. The van der Waals surface area contributed by atoms with Crippen molar-refractivity contribution in [2.45, 2.75) is 110 Å². The Morgan fingerprint density at radius 2 is 1.27 bits per heavy atom. The van der Waals surface area contributed by atoms with Gasteiger partial charge in [-0.3, -0.25) is 4.99 Å². The molecule has 3 aromatic carbocycles. The maximum absolute atomic E-state index is 13.3. The third kappa shape index (κ3) is 8.45. The fourth-order valence-electron chi connectivity index (χ4n) is 5.02. The number of nitrogens with zero attached hydrogens (tertiary/aromatic N) is 1. The third-order valence-electron chi connectivity index (χ3n) is 8.08. The molecule has 3 aromatic rings. The van der Waals surface area contributed by atoms with Gasteiger partial charge in [0.2, 0.25) is 0 Å². The van der Waals surface area contributed by atoms with Crippen LogP contribution in [0.15, 0.2) is 64.1 Å². The number of aliphatic hydroxyl groups is 1. The van der Waals surface area contributed by atoms with Crippen LogP contribution in [0.4, 0.5) is 0 Å². The van der Waals surface area contributed by atoms with Gasteiger partial charge in [0.05, 0.1) is 23.7 Å². The highest BCUT2D eigenvalue weighted by Crippen LogP contribution is 2.46. The smallest absolute Gasteiger partial charge is 0.144 e. The number of aliphatic imine (C=N–C) groups is 1. The number of ether oxygens (including phenoxy) is 2. The van der Waals surface area contributed by atoms with Crippen LogP contribution in [0.3, 0.4) is 0 Å². The monoisotopic (exact) mass is 665 g/mol. The third-order valence-corrected chi connectivity index (χ3v) is 8.72. The Morgan fingerprint density at radius 3 is 1.70 bits per heavy atom. The average molecular weight is 667 g/mol. The van der Waals surface area contributed by atoms with E-state index in [2.05, 4.69) is 95.6 Å². The van der Waals surface area contributed by atoms with Crippen molar-refractivity contribution in [3.8, 4) is 17.2 Å². The molecule has 0 saturated heterocycles. The molecule has 2 N–H and O–H groups in total. The average Bonchev–Trinajstić information content (AvgIpc) is 2.96. The highest BCUT2D eigenvalue weighted by molar-refractivity contribution is 9.10. The molecule has 44 heavy (non-hydrogen) atoms. The molecular formula is C38H52BrNO4. The van der Waals surface area contributed by atoms with E-state index in [1.807, 2.05) is 25.1 Å². The molecule has 0 aliphatic rings. The summed E-state index contributed by atoms with van der Waals surface area (Å²) in [6.45, 7) is 20.3. The number of rotatable bonds is 13. The summed E-state index contributed by atoms with van der Waals surface area (Å²) in [5.41, 5.74) is 2.04. The van der Waals surface area contributed by atoms with Gasteiger partial charge < -0.3 is 19.7 Å². The second-order valence-electron chi connectivity index (χ2n) is 13.7. The molecule has 0 aromatic heterocycles. The number of hydrogen-bond acceptors (Lipinski definition) is 5. The lowest BCUT2D eigenvalue weighted by molar-refractivity contribution is 0.0519. The molecule has 5 nitrogen and oxygen atoms in total. The van der Waals surface area contributed by atoms with E-state index in [1.54, 1.807) is 18.3 Å². The molecule has 0 bridgehead atoms. The van der Waals surface area contributed by atoms with E-state index in [1.165, 1.54) is 0 Å². The van der Waals surface area contributed by atoms with Crippen LogP contribution in [0.25, 0.3) is 0 Å². The van der Waals surface area contributed by atoms with Gasteiger partial charge in [0.25, 0.3) is 0 Å². The van der Waals surface area contributed by atoms with E-state index in [0.29, 0.717) is 45.9 Å². The summed E-state index contributed by atoms with van der Waals surface area (Å²) in [4.78, 5) is 4.91. The Balaban J connectivity index is 2.38. The lowest BCUT2D eigenvalue weighted by atomic mass is 9.75. The molecule has 0 spiro atoms. The topological polar surface area (TPSA) is 71.3 Å². The number of halogens is 1. The zero-order valence-corrected chi connectivity index (χ0v) is 29.7. The first-order valence-electron chi connectivity index (χ1n) is 15.9. The van der Waals surface area contributed by atoms with Gasteiger partial charge in [-0.1, -0.05) is 86.4 Å². The van der Waals surface area contributed by atoms with Crippen LogP contribution in [0, 0.1) is 0 Å². The number of unbranched alkanes of at least 4 members (excludes halogenated alkanes) is 2. The SMILES string of the molecule is CCCCOc1ccc(C(C)(C)C)cc1C(O)(c1cc(C(C)(C)C)ccc1OCCCC)[C@@H](C)N=Cc1cccc(Br)c1O.